The van der Waals surface area contributed by atoms with E-state index < -0.39 is 0 Å². The Kier molecular flexibility index (Phi) is 7.29. The lowest BCUT2D eigenvalue weighted by molar-refractivity contribution is -0.122. The van der Waals surface area contributed by atoms with Crippen molar-refractivity contribution in [1.29, 1.82) is 0 Å². The first-order valence-corrected chi connectivity index (χ1v) is 9.23. The van der Waals surface area contributed by atoms with E-state index in [1.165, 1.54) is 0 Å². The van der Waals surface area contributed by atoms with Crippen molar-refractivity contribution in [2.45, 2.75) is 63.6 Å². The topological polar surface area (TPSA) is 96.2 Å². The number of halogens is 1. The summed E-state index contributed by atoms with van der Waals surface area (Å²) in [5.41, 5.74) is 7.80. The molecule has 2 fully saturated rings. The number of hydrogen-bond acceptors (Lipinski definition) is 3. The van der Waals surface area contributed by atoms with E-state index in [4.69, 9.17) is 5.73 Å². The molecule has 2 aliphatic carbocycles. The number of nitrogens with two attached hydrogens (primary N) is 1. The molecule has 144 valence electrons. The summed E-state index contributed by atoms with van der Waals surface area (Å²) in [5, 5.41) is 8.75. The van der Waals surface area contributed by atoms with Crippen LogP contribution in [-0.4, -0.2) is 24.0 Å². The Balaban J connectivity index is 0.00000243. The van der Waals surface area contributed by atoms with E-state index >= 15 is 0 Å². The molecule has 0 heterocycles. The Morgan fingerprint density at radius 3 is 2.42 bits per heavy atom. The van der Waals surface area contributed by atoms with Crippen LogP contribution in [0.5, 0.6) is 0 Å². The fourth-order valence-electron chi connectivity index (χ4n) is 3.38. The number of carbonyl (C=O) groups excluding carboxylic acids is 2. The number of hydrogen-bond donors (Lipinski definition) is 4. The lowest BCUT2D eigenvalue weighted by Crippen LogP contribution is -2.33. The number of carbonyl (C=O) groups is 2. The van der Waals surface area contributed by atoms with Crippen LogP contribution >= 0.6 is 12.4 Å². The van der Waals surface area contributed by atoms with Crippen molar-refractivity contribution in [3.8, 4) is 0 Å². The monoisotopic (exact) mass is 380 g/mol. The third kappa shape index (κ3) is 5.88. The quantitative estimate of drug-likeness (QED) is 0.610. The van der Waals surface area contributed by atoms with E-state index in [1.807, 2.05) is 31.2 Å². The second kappa shape index (κ2) is 9.24. The number of benzene rings is 1. The highest BCUT2D eigenvalue weighted by molar-refractivity contribution is 5.89. The van der Waals surface area contributed by atoms with E-state index in [2.05, 4.69) is 16.0 Å². The minimum Gasteiger partial charge on any atom is -0.350 e. The highest BCUT2D eigenvalue weighted by Gasteiger charge is 2.26. The van der Waals surface area contributed by atoms with Gasteiger partial charge in [0.05, 0.1) is 6.04 Å². The van der Waals surface area contributed by atoms with E-state index in [-0.39, 0.29) is 36.4 Å². The van der Waals surface area contributed by atoms with Gasteiger partial charge in [-0.2, -0.15) is 0 Å². The van der Waals surface area contributed by atoms with Crippen molar-refractivity contribution >= 4 is 30.0 Å². The molecule has 3 amide bonds. The Labute approximate surface area is 161 Å². The first-order valence-electron chi connectivity index (χ1n) is 9.23. The number of rotatable bonds is 6. The van der Waals surface area contributed by atoms with Gasteiger partial charge in [-0.15, -0.1) is 12.4 Å². The van der Waals surface area contributed by atoms with E-state index in [1.54, 1.807) is 0 Å². The summed E-state index contributed by atoms with van der Waals surface area (Å²) < 4.78 is 0. The molecule has 0 bridgehead atoms. The van der Waals surface area contributed by atoms with Gasteiger partial charge in [0.15, 0.2) is 0 Å². The first kappa shape index (κ1) is 20.5. The van der Waals surface area contributed by atoms with Gasteiger partial charge in [-0.05, 0) is 56.2 Å². The van der Waals surface area contributed by atoms with Crippen molar-refractivity contribution in [1.82, 2.24) is 10.6 Å². The van der Waals surface area contributed by atoms with Crippen molar-refractivity contribution in [3.05, 3.63) is 29.8 Å². The fourth-order valence-corrected chi connectivity index (χ4v) is 3.38. The Morgan fingerprint density at radius 1 is 1.15 bits per heavy atom. The van der Waals surface area contributed by atoms with Crippen LogP contribution in [0, 0.1) is 5.92 Å². The summed E-state index contributed by atoms with van der Waals surface area (Å²) >= 11 is 0. The molecular formula is C19H29ClN4O2. The standard InChI is InChI=1S/C19H28N4O2.ClH/c1-12(21-18(24)11-14-3-2-4-17(14)20)13-5-7-15(8-6-13)22-19(25)23-16-9-10-16;/h5-8,12,14,16-17H,2-4,9-11,20H2,1H3,(H,21,24)(H2,22,23,25);1H/t12?,14-,17+;/m0./s1. The molecule has 7 heteroatoms. The van der Waals surface area contributed by atoms with Gasteiger partial charge in [0, 0.05) is 24.2 Å². The summed E-state index contributed by atoms with van der Waals surface area (Å²) in [7, 11) is 0. The number of anilines is 1. The van der Waals surface area contributed by atoms with Crippen molar-refractivity contribution in [2.24, 2.45) is 11.7 Å². The van der Waals surface area contributed by atoms with Crippen LogP contribution in [0.1, 0.15) is 57.1 Å². The van der Waals surface area contributed by atoms with Gasteiger partial charge in [0.25, 0.3) is 0 Å². The van der Waals surface area contributed by atoms with Crippen LogP contribution in [0.2, 0.25) is 0 Å². The lowest BCUT2D eigenvalue weighted by atomic mass is 9.99. The van der Waals surface area contributed by atoms with Crippen LogP contribution < -0.4 is 21.7 Å². The van der Waals surface area contributed by atoms with Crippen molar-refractivity contribution < 1.29 is 9.59 Å². The van der Waals surface area contributed by atoms with Gasteiger partial charge in [0.2, 0.25) is 5.91 Å². The molecule has 1 aromatic carbocycles. The zero-order valence-corrected chi connectivity index (χ0v) is 16.0. The first-order chi connectivity index (χ1) is 12.0. The molecule has 3 rings (SSSR count). The summed E-state index contributed by atoms with van der Waals surface area (Å²) in [6.07, 6.45) is 5.83. The predicted octanol–water partition coefficient (Wildman–Crippen LogP) is 3.09. The van der Waals surface area contributed by atoms with Gasteiger partial charge in [-0.3, -0.25) is 4.79 Å². The maximum atomic E-state index is 12.2. The van der Waals surface area contributed by atoms with Gasteiger partial charge in [-0.1, -0.05) is 18.6 Å². The molecule has 5 N–H and O–H groups in total. The van der Waals surface area contributed by atoms with E-state index in [0.29, 0.717) is 18.4 Å². The number of nitrogens with one attached hydrogen (secondary N) is 3. The van der Waals surface area contributed by atoms with Gasteiger partial charge >= 0.3 is 6.03 Å². The van der Waals surface area contributed by atoms with E-state index in [9.17, 15) is 9.59 Å². The SMILES string of the molecule is CC(NC(=O)C[C@@H]1CCC[C@H]1N)c1ccc(NC(=O)NC2CC2)cc1.Cl. The molecule has 2 aliphatic rings. The smallest absolute Gasteiger partial charge is 0.319 e. The highest BCUT2D eigenvalue weighted by atomic mass is 35.5. The van der Waals surface area contributed by atoms with Gasteiger partial charge in [-0.25, -0.2) is 4.79 Å². The highest BCUT2D eigenvalue weighted by Crippen LogP contribution is 2.27. The average Bonchev–Trinajstić information content (AvgIpc) is 3.29. The molecule has 0 aliphatic heterocycles. The predicted molar refractivity (Wildman–Crippen MR) is 105 cm³/mol. The molecule has 1 aromatic rings. The average molecular weight is 381 g/mol. The lowest BCUT2D eigenvalue weighted by Gasteiger charge is -2.18. The van der Waals surface area contributed by atoms with Gasteiger partial charge in [0.1, 0.15) is 0 Å². The van der Waals surface area contributed by atoms with E-state index in [0.717, 1.165) is 43.4 Å². The minimum atomic E-state index is -0.162. The minimum absolute atomic E-state index is 0. The molecule has 0 radical (unpaired) electrons. The fraction of sp³-hybridized carbons (Fsp3) is 0.579. The Morgan fingerprint density at radius 2 is 1.85 bits per heavy atom. The largest absolute Gasteiger partial charge is 0.350 e. The molecule has 1 unspecified atom stereocenters. The van der Waals surface area contributed by atoms with Crippen LogP contribution in [-0.2, 0) is 4.79 Å². The molecule has 0 spiro atoms. The summed E-state index contributed by atoms with van der Waals surface area (Å²) in [5.74, 6) is 0.365. The molecule has 3 atom stereocenters. The van der Waals surface area contributed by atoms with Gasteiger partial charge < -0.3 is 21.7 Å². The molecular weight excluding hydrogens is 352 g/mol. The maximum absolute atomic E-state index is 12.2. The van der Waals surface area contributed by atoms with Crippen molar-refractivity contribution in [3.63, 3.8) is 0 Å². The van der Waals surface area contributed by atoms with Crippen LogP contribution in [0.4, 0.5) is 10.5 Å². The zero-order chi connectivity index (χ0) is 17.8. The van der Waals surface area contributed by atoms with Crippen LogP contribution in [0.3, 0.4) is 0 Å². The third-order valence-corrected chi connectivity index (χ3v) is 5.12. The maximum Gasteiger partial charge on any atom is 0.319 e. The van der Waals surface area contributed by atoms with Crippen LogP contribution in [0.15, 0.2) is 24.3 Å². The summed E-state index contributed by atoms with van der Waals surface area (Å²) in [6.45, 7) is 1.97. The third-order valence-electron chi connectivity index (χ3n) is 5.12. The Hall–Kier alpha value is -1.79. The zero-order valence-electron chi connectivity index (χ0n) is 15.2. The second-order valence-corrected chi connectivity index (χ2v) is 7.34. The molecule has 26 heavy (non-hydrogen) atoms. The second-order valence-electron chi connectivity index (χ2n) is 7.34. The van der Waals surface area contributed by atoms with Crippen LogP contribution in [0.25, 0.3) is 0 Å². The number of amides is 3. The summed E-state index contributed by atoms with van der Waals surface area (Å²) in [6, 6.07) is 7.84. The molecule has 0 aromatic heterocycles. The molecule has 2 saturated carbocycles. The number of urea groups is 1. The Bertz CT molecular complexity index is 618. The molecule has 6 nitrogen and oxygen atoms in total. The van der Waals surface area contributed by atoms with Crippen molar-refractivity contribution in [2.75, 3.05) is 5.32 Å². The molecule has 0 saturated heterocycles. The normalized spacial score (nSPS) is 22.8. The summed E-state index contributed by atoms with van der Waals surface area (Å²) in [4.78, 5) is 23.9.